The maximum Gasteiger partial charge on any atom is 0.305 e. The second-order valence-electron chi connectivity index (χ2n) is 23.5. The van der Waals surface area contributed by atoms with Gasteiger partial charge in [0.05, 0.1) is 25.4 Å². The lowest BCUT2D eigenvalue weighted by molar-refractivity contribution is -0.143. The Morgan fingerprint density at radius 2 is 0.627 bits per heavy atom. The van der Waals surface area contributed by atoms with Gasteiger partial charge in [-0.25, -0.2) is 0 Å². The van der Waals surface area contributed by atoms with E-state index in [-0.39, 0.29) is 18.5 Å². The molecule has 0 bridgehead atoms. The number of carbonyl (C=O) groups is 2. The van der Waals surface area contributed by atoms with Crippen LogP contribution in [-0.2, 0) is 14.3 Å². The number of nitrogens with one attached hydrogen (secondary N) is 1. The number of esters is 1. The molecule has 0 aliphatic rings. The third kappa shape index (κ3) is 61.4. The Kier molecular flexibility index (Phi) is 63.4. The first-order valence-electron chi connectivity index (χ1n) is 34.1. The van der Waals surface area contributed by atoms with Gasteiger partial charge in [0, 0.05) is 12.8 Å². The van der Waals surface area contributed by atoms with E-state index in [1.807, 2.05) is 6.08 Å². The third-order valence-corrected chi connectivity index (χ3v) is 16.0. The standard InChI is InChI=1S/C69H133NO5/c1-3-5-7-9-11-13-15-17-18-19-20-25-28-31-34-38-41-45-49-53-57-61-67(72)66(65-71)70-68(73)62-58-54-50-46-42-39-35-32-29-26-23-21-22-24-27-30-33-36-40-44-48-52-56-60-64-75-69(74)63-59-55-51-47-43-37-16-14-12-10-8-6-4-2/h23,26,57,61,66-67,71-72H,3-22,24-25,27-56,58-60,62-65H2,1-2H3,(H,70,73)/b26-23-,61-57+. The third-order valence-electron chi connectivity index (χ3n) is 16.0. The van der Waals surface area contributed by atoms with Crippen LogP contribution in [0.4, 0.5) is 0 Å². The van der Waals surface area contributed by atoms with Gasteiger partial charge in [0.1, 0.15) is 0 Å². The maximum absolute atomic E-state index is 12.5. The highest BCUT2D eigenvalue weighted by Gasteiger charge is 2.18. The van der Waals surface area contributed by atoms with Crippen LogP contribution in [0.2, 0.25) is 0 Å². The molecule has 0 fully saturated rings. The summed E-state index contributed by atoms with van der Waals surface area (Å²) in [6.07, 6.45) is 81.0. The Labute approximate surface area is 469 Å². The molecule has 0 heterocycles. The summed E-state index contributed by atoms with van der Waals surface area (Å²) in [6.45, 7) is 4.94. The van der Waals surface area contributed by atoms with Gasteiger partial charge in [-0.2, -0.15) is 0 Å². The van der Waals surface area contributed by atoms with Gasteiger partial charge in [0.2, 0.25) is 5.91 Å². The Bertz CT molecular complexity index is 1170. The quantitative estimate of drug-likeness (QED) is 0.0320. The Hall–Kier alpha value is -1.66. The zero-order valence-corrected chi connectivity index (χ0v) is 50.8. The molecule has 6 nitrogen and oxygen atoms in total. The number of rotatable bonds is 64. The number of hydrogen-bond acceptors (Lipinski definition) is 5. The van der Waals surface area contributed by atoms with Gasteiger partial charge in [-0.3, -0.25) is 9.59 Å². The number of hydrogen-bond donors (Lipinski definition) is 3. The zero-order valence-electron chi connectivity index (χ0n) is 50.8. The molecule has 0 aliphatic heterocycles. The topological polar surface area (TPSA) is 95.9 Å². The molecule has 0 aliphatic carbocycles. The van der Waals surface area contributed by atoms with Crippen molar-refractivity contribution in [3.8, 4) is 0 Å². The molecular weight excluding hydrogens is 923 g/mol. The Morgan fingerprint density at radius 3 is 0.947 bits per heavy atom. The van der Waals surface area contributed by atoms with Crippen molar-refractivity contribution in [1.29, 1.82) is 0 Å². The van der Waals surface area contributed by atoms with E-state index in [2.05, 4.69) is 31.3 Å². The van der Waals surface area contributed by atoms with E-state index in [0.717, 1.165) is 38.5 Å². The van der Waals surface area contributed by atoms with Crippen LogP contribution in [0, 0.1) is 0 Å². The molecular formula is C69H133NO5. The maximum atomic E-state index is 12.5. The summed E-state index contributed by atoms with van der Waals surface area (Å²) in [5.74, 6) is -0.0545. The van der Waals surface area contributed by atoms with Crippen LogP contribution < -0.4 is 5.32 Å². The molecule has 0 radical (unpaired) electrons. The summed E-state index contributed by atoms with van der Waals surface area (Å²) in [5.41, 5.74) is 0. The molecule has 2 unspecified atom stereocenters. The number of aliphatic hydroxyl groups is 2. The molecule has 0 saturated heterocycles. The van der Waals surface area contributed by atoms with Crippen LogP contribution >= 0.6 is 0 Å². The number of amides is 1. The van der Waals surface area contributed by atoms with Crippen LogP contribution in [0.25, 0.3) is 0 Å². The van der Waals surface area contributed by atoms with Gasteiger partial charge in [0.15, 0.2) is 0 Å². The highest BCUT2D eigenvalue weighted by Crippen LogP contribution is 2.18. The lowest BCUT2D eigenvalue weighted by atomic mass is 10.0. The van der Waals surface area contributed by atoms with Crippen molar-refractivity contribution >= 4 is 11.9 Å². The van der Waals surface area contributed by atoms with Crippen LogP contribution in [0.5, 0.6) is 0 Å². The van der Waals surface area contributed by atoms with Gasteiger partial charge in [-0.1, -0.05) is 334 Å². The van der Waals surface area contributed by atoms with Crippen molar-refractivity contribution in [2.24, 2.45) is 0 Å². The first kappa shape index (κ1) is 73.3. The molecule has 75 heavy (non-hydrogen) atoms. The van der Waals surface area contributed by atoms with E-state index in [4.69, 9.17) is 4.74 Å². The predicted molar refractivity (Wildman–Crippen MR) is 329 cm³/mol. The summed E-state index contributed by atoms with van der Waals surface area (Å²) >= 11 is 0. The number of unbranched alkanes of at least 4 members (excludes halogenated alkanes) is 51. The second kappa shape index (κ2) is 64.9. The normalized spacial score (nSPS) is 12.6. The van der Waals surface area contributed by atoms with Crippen molar-refractivity contribution in [3.63, 3.8) is 0 Å². The number of ether oxygens (including phenoxy) is 1. The molecule has 0 aromatic carbocycles. The van der Waals surface area contributed by atoms with Crippen molar-refractivity contribution < 1.29 is 24.5 Å². The molecule has 0 rings (SSSR count). The van der Waals surface area contributed by atoms with Gasteiger partial charge in [0.25, 0.3) is 0 Å². The van der Waals surface area contributed by atoms with E-state index in [9.17, 15) is 19.8 Å². The fourth-order valence-corrected chi connectivity index (χ4v) is 10.7. The molecule has 0 aromatic rings. The van der Waals surface area contributed by atoms with Crippen molar-refractivity contribution in [2.45, 2.75) is 392 Å². The predicted octanol–water partition coefficient (Wildman–Crippen LogP) is 21.8. The number of aliphatic hydroxyl groups excluding tert-OH is 2. The minimum absolute atomic E-state index is 0.0142. The highest BCUT2D eigenvalue weighted by atomic mass is 16.5. The largest absolute Gasteiger partial charge is 0.466 e. The fraction of sp³-hybridized carbons (Fsp3) is 0.913. The highest BCUT2D eigenvalue weighted by molar-refractivity contribution is 5.76. The van der Waals surface area contributed by atoms with Crippen molar-refractivity contribution in [2.75, 3.05) is 13.2 Å². The Balaban J connectivity index is 3.43. The van der Waals surface area contributed by atoms with E-state index in [0.29, 0.717) is 19.4 Å². The van der Waals surface area contributed by atoms with Crippen LogP contribution in [-0.4, -0.2) is 47.4 Å². The van der Waals surface area contributed by atoms with Crippen molar-refractivity contribution in [3.05, 3.63) is 24.3 Å². The molecule has 444 valence electrons. The van der Waals surface area contributed by atoms with E-state index in [1.54, 1.807) is 6.08 Å². The van der Waals surface area contributed by atoms with Crippen molar-refractivity contribution in [1.82, 2.24) is 5.32 Å². The van der Waals surface area contributed by atoms with E-state index >= 15 is 0 Å². The molecule has 6 heteroatoms. The first-order valence-corrected chi connectivity index (χ1v) is 34.1. The van der Waals surface area contributed by atoms with Gasteiger partial charge >= 0.3 is 5.97 Å². The van der Waals surface area contributed by atoms with Gasteiger partial charge in [-0.05, 0) is 57.8 Å². The summed E-state index contributed by atoms with van der Waals surface area (Å²) in [4.78, 5) is 24.6. The molecule has 2 atom stereocenters. The Morgan fingerprint density at radius 1 is 0.360 bits per heavy atom. The smallest absolute Gasteiger partial charge is 0.305 e. The number of allylic oxidation sites excluding steroid dienone is 3. The number of carbonyl (C=O) groups excluding carboxylic acids is 2. The second-order valence-corrected chi connectivity index (χ2v) is 23.5. The molecule has 3 N–H and O–H groups in total. The van der Waals surface area contributed by atoms with E-state index < -0.39 is 12.1 Å². The van der Waals surface area contributed by atoms with Crippen LogP contribution in [0.1, 0.15) is 380 Å². The molecule has 0 saturated carbocycles. The fourth-order valence-electron chi connectivity index (χ4n) is 10.7. The molecule has 0 aromatic heterocycles. The van der Waals surface area contributed by atoms with Crippen LogP contribution in [0.15, 0.2) is 24.3 Å². The monoisotopic (exact) mass is 1060 g/mol. The first-order chi connectivity index (χ1) is 37.0. The molecule has 1 amide bonds. The lowest BCUT2D eigenvalue weighted by Crippen LogP contribution is -2.45. The van der Waals surface area contributed by atoms with Gasteiger partial charge in [-0.15, -0.1) is 0 Å². The van der Waals surface area contributed by atoms with Gasteiger partial charge < -0.3 is 20.3 Å². The zero-order chi connectivity index (χ0) is 54.3. The van der Waals surface area contributed by atoms with Crippen LogP contribution in [0.3, 0.4) is 0 Å². The SMILES string of the molecule is CCCCCCCCCCCCCCCCCCCCC/C=C/C(O)C(CO)NC(=O)CCCCCCCCCC/C=C\CCCCCCCCCCCCCCOC(=O)CCCCCCCCCCCCCCC. The lowest BCUT2D eigenvalue weighted by Gasteiger charge is -2.20. The molecule has 0 spiro atoms. The average molecular weight is 1060 g/mol. The minimum atomic E-state index is -0.848. The average Bonchev–Trinajstić information content (AvgIpc) is 3.41. The summed E-state index contributed by atoms with van der Waals surface area (Å²) in [5, 5.41) is 23.2. The van der Waals surface area contributed by atoms with E-state index in [1.165, 1.54) is 315 Å². The summed E-state index contributed by atoms with van der Waals surface area (Å²) in [7, 11) is 0. The summed E-state index contributed by atoms with van der Waals surface area (Å²) in [6, 6.07) is -0.632. The summed E-state index contributed by atoms with van der Waals surface area (Å²) < 4.78 is 5.48. The minimum Gasteiger partial charge on any atom is -0.466 e.